The molecule has 0 bridgehead atoms. The molecular weight excluding hydrogens is 298 g/mol. The van der Waals surface area contributed by atoms with Crippen molar-refractivity contribution < 1.29 is 14.7 Å². The predicted octanol–water partition coefficient (Wildman–Crippen LogP) is 2.48. The number of aryl methyl sites for hydroxylation is 1. The van der Waals surface area contributed by atoms with E-state index >= 15 is 0 Å². The molecule has 1 amide bonds. The highest BCUT2D eigenvalue weighted by Gasteiger charge is 2.35. The van der Waals surface area contributed by atoms with Gasteiger partial charge in [0.2, 0.25) is 5.91 Å². The molecule has 0 aliphatic heterocycles. The number of hydrogen-bond acceptors (Lipinski definition) is 2. The standard InChI is InChI=1S/C13H16BrNO3/c1-8-4-5-10(14)6-9(8)7-15-11(16)13(2,3)12(17)18/h4-6H,7H2,1-3H3,(H,15,16)(H,17,18). The number of carboxylic acid groups (broad SMARTS) is 1. The lowest BCUT2D eigenvalue weighted by molar-refractivity contribution is -0.153. The maximum atomic E-state index is 11.8. The Morgan fingerprint density at radius 2 is 2.00 bits per heavy atom. The average Bonchev–Trinajstić information content (AvgIpc) is 2.29. The zero-order chi connectivity index (χ0) is 13.9. The number of hydrogen-bond donors (Lipinski definition) is 2. The van der Waals surface area contributed by atoms with Crippen LogP contribution < -0.4 is 5.32 Å². The summed E-state index contributed by atoms with van der Waals surface area (Å²) >= 11 is 3.36. The minimum absolute atomic E-state index is 0.320. The topological polar surface area (TPSA) is 66.4 Å². The van der Waals surface area contributed by atoms with Gasteiger partial charge in [0.15, 0.2) is 0 Å². The van der Waals surface area contributed by atoms with Gasteiger partial charge in [-0.1, -0.05) is 22.0 Å². The summed E-state index contributed by atoms with van der Waals surface area (Å²) in [6.07, 6.45) is 0. The van der Waals surface area contributed by atoms with Crippen molar-refractivity contribution in [1.82, 2.24) is 5.32 Å². The van der Waals surface area contributed by atoms with Gasteiger partial charge >= 0.3 is 5.97 Å². The molecule has 0 atom stereocenters. The van der Waals surface area contributed by atoms with Gasteiger partial charge in [-0.15, -0.1) is 0 Å². The average molecular weight is 314 g/mol. The second-order valence-electron chi connectivity index (χ2n) is 4.68. The van der Waals surface area contributed by atoms with Crippen LogP contribution in [0.4, 0.5) is 0 Å². The van der Waals surface area contributed by atoms with Crippen LogP contribution in [-0.2, 0) is 16.1 Å². The number of carbonyl (C=O) groups is 2. The van der Waals surface area contributed by atoms with E-state index in [9.17, 15) is 9.59 Å². The fraction of sp³-hybridized carbons (Fsp3) is 0.385. The largest absolute Gasteiger partial charge is 0.480 e. The molecule has 0 aliphatic rings. The van der Waals surface area contributed by atoms with Crippen LogP contribution in [0.1, 0.15) is 25.0 Å². The zero-order valence-corrected chi connectivity index (χ0v) is 12.2. The molecule has 0 aliphatic carbocycles. The van der Waals surface area contributed by atoms with Gasteiger partial charge in [0.05, 0.1) is 0 Å². The fourth-order valence-electron chi connectivity index (χ4n) is 1.32. The van der Waals surface area contributed by atoms with Crippen molar-refractivity contribution in [2.24, 2.45) is 5.41 Å². The van der Waals surface area contributed by atoms with Crippen LogP contribution in [0, 0.1) is 12.3 Å². The number of rotatable bonds is 4. The Bertz CT molecular complexity index is 483. The van der Waals surface area contributed by atoms with E-state index < -0.39 is 17.3 Å². The smallest absolute Gasteiger partial charge is 0.318 e. The number of benzene rings is 1. The van der Waals surface area contributed by atoms with E-state index in [0.717, 1.165) is 15.6 Å². The van der Waals surface area contributed by atoms with E-state index in [0.29, 0.717) is 6.54 Å². The summed E-state index contributed by atoms with van der Waals surface area (Å²) in [4.78, 5) is 22.7. The molecule has 2 N–H and O–H groups in total. The van der Waals surface area contributed by atoms with Crippen LogP contribution in [0.25, 0.3) is 0 Å². The van der Waals surface area contributed by atoms with Gasteiger partial charge in [0.1, 0.15) is 5.41 Å². The van der Waals surface area contributed by atoms with Crippen molar-refractivity contribution in [3.05, 3.63) is 33.8 Å². The molecular formula is C13H16BrNO3. The summed E-state index contributed by atoms with van der Waals surface area (Å²) in [6, 6.07) is 5.76. The highest BCUT2D eigenvalue weighted by Crippen LogP contribution is 2.18. The molecule has 0 heterocycles. The molecule has 0 aromatic heterocycles. The lowest BCUT2D eigenvalue weighted by atomic mass is 9.92. The Hall–Kier alpha value is -1.36. The molecule has 0 fully saturated rings. The molecule has 5 heteroatoms. The van der Waals surface area contributed by atoms with E-state index in [2.05, 4.69) is 21.2 Å². The van der Waals surface area contributed by atoms with Gasteiger partial charge < -0.3 is 10.4 Å². The molecule has 18 heavy (non-hydrogen) atoms. The van der Waals surface area contributed by atoms with Crippen molar-refractivity contribution in [1.29, 1.82) is 0 Å². The molecule has 1 aromatic rings. The van der Waals surface area contributed by atoms with Gasteiger partial charge in [0.25, 0.3) is 0 Å². The van der Waals surface area contributed by atoms with E-state index in [4.69, 9.17) is 5.11 Å². The van der Waals surface area contributed by atoms with Gasteiger partial charge in [-0.25, -0.2) is 0 Å². The first-order chi connectivity index (χ1) is 8.25. The van der Waals surface area contributed by atoms with Gasteiger partial charge in [-0.2, -0.15) is 0 Å². The summed E-state index contributed by atoms with van der Waals surface area (Å²) in [5.41, 5.74) is 0.588. The summed E-state index contributed by atoms with van der Waals surface area (Å²) in [6.45, 7) is 5.04. The molecule has 1 rings (SSSR count). The summed E-state index contributed by atoms with van der Waals surface area (Å²) in [5.74, 6) is -1.62. The molecule has 1 aromatic carbocycles. The van der Waals surface area contributed by atoms with Crippen LogP contribution in [0.3, 0.4) is 0 Å². The quantitative estimate of drug-likeness (QED) is 0.839. The number of nitrogens with one attached hydrogen (secondary N) is 1. The number of carboxylic acids is 1. The van der Waals surface area contributed by atoms with Crippen molar-refractivity contribution in [2.45, 2.75) is 27.3 Å². The first-order valence-corrected chi connectivity index (χ1v) is 6.31. The number of amides is 1. The Kier molecular flexibility index (Phi) is 4.51. The lowest BCUT2D eigenvalue weighted by Crippen LogP contribution is -2.42. The first kappa shape index (κ1) is 14.7. The van der Waals surface area contributed by atoms with Gasteiger partial charge in [-0.05, 0) is 44.0 Å². The predicted molar refractivity (Wildman–Crippen MR) is 72.1 cm³/mol. The van der Waals surface area contributed by atoms with Crippen LogP contribution in [0.5, 0.6) is 0 Å². The summed E-state index contributed by atoms with van der Waals surface area (Å²) in [5, 5.41) is 11.6. The van der Waals surface area contributed by atoms with Crippen LogP contribution in [0.2, 0.25) is 0 Å². The highest BCUT2D eigenvalue weighted by atomic mass is 79.9. The summed E-state index contributed by atoms with van der Waals surface area (Å²) in [7, 11) is 0. The minimum atomic E-state index is -1.42. The molecule has 0 saturated heterocycles. The molecule has 0 radical (unpaired) electrons. The van der Waals surface area contributed by atoms with E-state index in [1.807, 2.05) is 25.1 Å². The third-order valence-corrected chi connectivity index (χ3v) is 3.35. The number of carbonyl (C=O) groups excluding carboxylic acids is 1. The van der Waals surface area contributed by atoms with Crippen molar-refractivity contribution in [3.8, 4) is 0 Å². The molecule has 0 spiro atoms. The van der Waals surface area contributed by atoms with Crippen LogP contribution >= 0.6 is 15.9 Å². The number of aliphatic carboxylic acids is 1. The number of halogens is 1. The molecule has 0 saturated carbocycles. The normalized spacial score (nSPS) is 11.1. The molecule has 98 valence electrons. The maximum Gasteiger partial charge on any atom is 0.318 e. The minimum Gasteiger partial charge on any atom is -0.480 e. The lowest BCUT2D eigenvalue weighted by Gasteiger charge is -2.18. The first-order valence-electron chi connectivity index (χ1n) is 5.52. The Morgan fingerprint density at radius 3 is 2.56 bits per heavy atom. The fourth-order valence-corrected chi connectivity index (χ4v) is 1.73. The van der Waals surface area contributed by atoms with Gasteiger partial charge in [-0.3, -0.25) is 9.59 Å². The van der Waals surface area contributed by atoms with E-state index in [1.165, 1.54) is 13.8 Å². The van der Waals surface area contributed by atoms with Gasteiger partial charge in [0, 0.05) is 11.0 Å². The van der Waals surface area contributed by atoms with Crippen LogP contribution in [0.15, 0.2) is 22.7 Å². The third-order valence-electron chi connectivity index (χ3n) is 2.85. The monoisotopic (exact) mass is 313 g/mol. The van der Waals surface area contributed by atoms with E-state index in [1.54, 1.807) is 0 Å². The van der Waals surface area contributed by atoms with Crippen molar-refractivity contribution >= 4 is 27.8 Å². The Labute approximate surface area is 115 Å². The van der Waals surface area contributed by atoms with E-state index in [-0.39, 0.29) is 0 Å². The third kappa shape index (κ3) is 3.32. The zero-order valence-electron chi connectivity index (χ0n) is 10.6. The summed E-state index contributed by atoms with van der Waals surface area (Å²) < 4.78 is 0.926. The second-order valence-corrected chi connectivity index (χ2v) is 5.60. The SMILES string of the molecule is Cc1ccc(Br)cc1CNC(=O)C(C)(C)C(=O)O. The van der Waals surface area contributed by atoms with Crippen LogP contribution in [-0.4, -0.2) is 17.0 Å². The molecule has 0 unspecified atom stereocenters. The van der Waals surface area contributed by atoms with Crippen molar-refractivity contribution in [2.75, 3.05) is 0 Å². The highest BCUT2D eigenvalue weighted by molar-refractivity contribution is 9.10. The maximum absolute atomic E-state index is 11.8. The van der Waals surface area contributed by atoms with Crippen molar-refractivity contribution in [3.63, 3.8) is 0 Å². The Morgan fingerprint density at radius 1 is 1.39 bits per heavy atom. The second kappa shape index (κ2) is 5.52. The Balaban J connectivity index is 2.74. The molecule has 4 nitrogen and oxygen atoms in total.